The van der Waals surface area contributed by atoms with Gasteiger partial charge in [-0.05, 0) is 61.6 Å². The van der Waals surface area contributed by atoms with Crippen LogP contribution in [-0.4, -0.2) is 84.1 Å². The summed E-state index contributed by atoms with van der Waals surface area (Å²) in [4.78, 5) is 26.6. The Morgan fingerprint density at radius 3 is 2.25 bits per heavy atom. The SMILES string of the molecule is CNCc1nc(C(=O)N2CC3CN(Cc4ccc(OC)nc4)CC3C2)co1.COc1cc(C)c(S)c(C)c1.O.O. The lowest BCUT2D eigenvalue weighted by Gasteiger charge is -2.21. The van der Waals surface area contributed by atoms with Crippen molar-refractivity contribution >= 4 is 18.5 Å². The first-order valence-electron chi connectivity index (χ1n) is 12.7. The second-order valence-electron chi connectivity index (χ2n) is 9.90. The van der Waals surface area contributed by atoms with E-state index >= 15 is 0 Å². The molecule has 40 heavy (non-hydrogen) atoms. The minimum absolute atomic E-state index is 0. The molecule has 1 aromatic carbocycles. The Morgan fingerprint density at radius 1 is 1.07 bits per heavy atom. The van der Waals surface area contributed by atoms with Gasteiger partial charge in [0.1, 0.15) is 12.0 Å². The molecular weight excluding hydrogens is 534 g/mol. The van der Waals surface area contributed by atoms with Gasteiger partial charge < -0.3 is 35.1 Å². The number of thiol groups is 1. The van der Waals surface area contributed by atoms with Gasteiger partial charge in [0.05, 0.1) is 20.8 Å². The first kappa shape index (κ1) is 33.0. The highest BCUT2D eigenvalue weighted by molar-refractivity contribution is 7.80. The molecule has 0 spiro atoms. The molecule has 2 aromatic heterocycles. The van der Waals surface area contributed by atoms with Crippen LogP contribution in [0.4, 0.5) is 0 Å². The molecule has 4 heterocycles. The second kappa shape index (κ2) is 15.0. The molecule has 0 bridgehead atoms. The number of nitrogens with zero attached hydrogens (tertiary/aromatic N) is 4. The van der Waals surface area contributed by atoms with E-state index in [-0.39, 0.29) is 16.9 Å². The number of aromatic nitrogens is 2. The van der Waals surface area contributed by atoms with Crippen LogP contribution < -0.4 is 14.8 Å². The second-order valence-corrected chi connectivity index (χ2v) is 10.3. The van der Waals surface area contributed by atoms with Gasteiger partial charge >= 0.3 is 0 Å². The summed E-state index contributed by atoms with van der Waals surface area (Å²) in [7, 11) is 5.12. The molecule has 2 fully saturated rings. The highest BCUT2D eigenvalue weighted by Gasteiger charge is 2.42. The summed E-state index contributed by atoms with van der Waals surface area (Å²) in [6.07, 6.45) is 3.34. The highest BCUT2D eigenvalue weighted by Crippen LogP contribution is 2.32. The van der Waals surface area contributed by atoms with Crippen molar-refractivity contribution in [2.75, 3.05) is 47.4 Å². The number of fused-ring (bicyclic) bond motifs is 1. The quantitative estimate of drug-likeness (QED) is 0.405. The third kappa shape index (κ3) is 7.95. The van der Waals surface area contributed by atoms with E-state index in [9.17, 15) is 4.79 Å². The lowest BCUT2D eigenvalue weighted by molar-refractivity contribution is 0.0767. The third-order valence-electron chi connectivity index (χ3n) is 7.06. The number of carbonyl (C=O) groups excluding carboxylic acids is 1. The molecule has 0 aliphatic carbocycles. The minimum Gasteiger partial charge on any atom is -0.497 e. The largest absolute Gasteiger partial charge is 0.497 e. The number of aryl methyl sites for hydroxylation is 2. The summed E-state index contributed by atoms with van der Waals surface area (Å²) in [5.74, 6) is 3.09. The number of hydrogen-bond donors (Lipinski definition) is 2. The van der Waals surface area contributed by atoms with Gasteiger partial charge in [0.2, 0.25) is 11.8 Å². The van der Waals surface area contributed by atoms with Gasteiger partial charge in [-0.25, -0.2) is 9.97 Å². The maximum atomic E-state index is 12.7. The standard InChI is InChI=1S/C19H25N5O3.C9H12OS.2H2O/c1-20-6-18-22-16(12-27-18)19(25)24-10-14-8-23(9-15(14)11-24)7-13-3-4-17(26-2)21-5-13;1-6-4-8(10-3)5-7(2)9(6)11;;/h3-5,12,14-15,20H,6-11H2,1-2H3;4-5,11H,1-3H3;2*1H2. The van der Waals surface area contributed by atoms with Crippen LogP contribution in [0.15, 0.2) is 46.0 Å². The van der Waals surface area contributed by atoms with Crippen LogP contribution >= 0.6 is 12.6 Å². The number of likely N-dealkylation sites (tertiary alicyclic amines) is 2. The molecule has 2 saturated heterocycles. The van der Waals surface area contributed by atoms with Gasteiger partial charge in [-0.2, -0.15) is 0 Å². The van der Waals surface area contributed by atoms with Crippen molar-refractivity contribution in [2.24, 2.45) is 11.8 Å². The Morgan fingerprint density at radius 2 is 1.73 bits per heavy atom. The number of hydrogen-bond acceptors (Lipinski definition) is 9. The van der Waals surface area contributed by atoms with E-state index in [0.717, 1.165) is 54.5 Å². The predicted molar refractivity (Wildman–Crippen MR) is 155 cm³/mol. The number of benzene rings is 1. The summed E-state index contributed by atoms with van der Waals surface area (Å²) in [5, 5.41) is 2.97. The average Bonchev–Trinajstić information content (AvgIpc) is 3.63. The van der Waals surface area contributed by atoms with E-state index in [2.05, 4.69) is 38.9 Å². The van der Waals surface area contributed by atoms with Gasteiger partial charge in [-0.3, -0.25) is 9.69 Å². The Labute approximate surface area is 240 Å². The number of amides is 1. The van der Waals surface area contributed by atoms with Crippen molar-refractivity contribution in [3.63, 3.8) is 0 Å². The van der Waals surface area contributed by atoms with E-state index in [1.54, 1.807) is 14.2 Å². The molecule has 5 N–H and O–H groups in total. The Balaban J connectivity index is 0.000000367. The van der Waals surface area contributed by atoms with Crippen LogP contribution in [0.3, 0.4) is 0 Å². The van der Waals surface area contributed by atoms with Gasteiger partial charge in [0.25, 0.3) is 5.91 Å². The number of oxazole rings is 1. The molecule has 1 amide bonds. The molecule has 11 nitrogen and oxygen atoms in total. The molecule has 2 aliphatic heterocycles. The molecule has 2 atom stereocenters. The zero-order valence-electron chi connectivity index (χ0n) is 23.7. The van der Waals surface area contributed by atoms with Crippen LogP contribution in [-0.2, 0) is 13.1 Å². The predicted octanol–water partition coefficient (Wildman–Crippen LogP) is 1.95. The van der Waals surface area contributed by atoms with E-state index in [1.807, 2.05) is 50.2 Å². The molecule has 2 aliphatic rings. The molecule has 220 valence electrons. The summed E-state index contributed by atoms with van der Waals surface area (Å²) < 4.78 is 15.5. The van der Waals surface area contributed by atoms with Gasteiger partial charge in [-0.15, -0.1) is 12.6 Å². The topological polar surface area (TPSA) is 156 Å². The lowest BCUT2D eigenvalue weighted by Crippen LogP contribution is -2.33. The van der Waals surface area contributed by atoms with Gasteiger partial charge in [0, 0.05) is 49.9 Å². The number of ether oxygens (including phenoxy) is 2. The van der Waals surface area contributed by atoms with Crippen LogP contribution in [0.1, 0.15) is 33.1 Å². The first-order chi connectivity index (χ1) is 18.3. The summed E-state index contributed by atoms with van der Waals surface area (Å²) in [6, 6.07) is 7.92. The monoisotopic (exact) mass is 575 g/mol. The Hall–Kier alpha value is -3.16. The van der Waals surface area contributed by atoms with Crippen molar-refractivity contribution < 1.29 is 29.6 Å². The van der Waals surface area contributed by atoms with Crippen LogP contribution in [0.5, 0.6) is 11.6 Å². The number of carbonyl (C=O) groups is 1. The van der Waals surface area contributed by atoms with Crippen molar-refractivity contribution in [3.8, 4) is 11.6 Å². The number of nitrogens with one attached hydrogen (secondary N) is 1. The first-order valence-corrected chi connectivity index (χ1v) is 13.2. The van der Waals surface area contributed by atoms with Crippen LogP contribution in [0.25, 0.3) is 0 Å². The summed E-state index contributed by atoms with van der Waals surface area (Å²) in [5.41, 5.74) is 3.90. The van der Waals surface area contributed by atoms with E-state index < -0.39 is 0 Å². The normalized spacial score (nSPS) is 17.7. The maximum absolute atomic E-state index is 12.7. The highest BCUT2D eigenvalue weighted by atomic mass is 32.1. The molecular formula is C28H41N5O6S. The molecule has 0 saturated carbocycles. The molecule has 0 radical (unpaired) electrons. The maximum Gasteiger partial charge on any atom is 0.275 e. The summed E-state index contributed by atoms with van der Waals surface area (Å²) >= 11 is 4.34. The number of rotatable bonds is 7. The van der Waals surface area contributed by atoms with Crippen molar-refractivity contribution in [1.29, 1.82) is 0 Å². The average molecular weight is 576 g/mol. The Kier molecular flexibility index (Phi) is 12.4. The lowest BCUT2D eigenvalue weighted by atomic mass is 10.0. The molecule has 12 heteroatoms. The fraction of sp³-hybridized carbons (Fsp3) is 0.464. The zero-order chi connectivity index (χ0) is 27.2. The van der Waals surface area contributed by atoms with Crippen molar-refractivity contribution in [3.05, 3.63) is 65.0 Å². The third-order valence-corrected chi connectivity index (χ3v) is 7.77. The zero-order valence-corrected chi connectivity index (χ0v) is 24.6. The smallest absolute Gasteiger partial charge is 0.275 e. The van der Waals surface area contributed by atoms with Crippen LogP contribution in [0, 0.1) is 25.7 Å². The minimum atomic E-state index is -0.0265. The number of pyridine rings is 1. The number of methoxy groups -OCH3 is 2. The van der Waals surface area contributed by atoms with Gasteiger partial charge in [0.15, 0.2) is 5.69 Å². The van der Waals surface area contributed by atoms with E-state index in [4.69, 9.17) is 13.9 Å². The van der Waals surface area contributed by atoms with E-state index in [0.29, 0.717) is 35.8 Å². The molecule has 3 aromatic rings. The van der Waals surface area contributed by atoms with Crippen molar-refractivity contribution in [1.82, 2.24) is 25.1 Å². The van der Waals surface area contributed by atoms with Crippen LogP contribution in [0.2, 0.25) is 0 Å². The fourth-order valence-corrected chi connectivity index (χ4v) is 5.24. The molecule has 5 rings (SSSR count). The van der Waals surface area contributed by atoms with E-state index in [1.165, 1.54) is 11.8 Å². The Bertz CT molecular complexity index is 1200. The summed E-state index contributed by atoms with van der Waals surface area (Å²) in [6.45, 7) is 9.04. The molecule has 2 unspecified atom stereocenters. The van der Waals surface area contributed by atoms with Gasteiger partial charge in [-0.1, -0.05) is 6.07 Å². The van der Waals surface area contributed by atoms with Crippen molar-refractivity contribution in [2.45, 2.75) is 31.8 Å². The fourth-order valence-electron chi connectivity index (χ4n) is 5.11.